The van der Waals surface area contributed by atoms with Crippen LogP contribution in [0.1, 0.15) is 18.4 Å². The summed E-state index contributed by atoms with van der Waals surface area (Å²) in [5, 5.41) is 9.92. The van der Waals surface area contributed by atoms with Crippen molar-refractivity contribution in [2.45, 2.75) is 25.4 Å². The minimum absolute atomic E-state index is 0.263. The van der Waals surface area contributed by atoms with Gasteiger partial charge in [-0.25, -0.2) is 4.39 Å². The summed E-state index contributed by atoms with van der Waals surface area (Å²) in [6, 6.07) is 4.94. The maximum Gasteiger partial charge on any atom is 0.127 e. The first kappa shape index (κ1) is 13.0. The zero-order valence-electron chi connectivity index (χ0n) is 9.53. The third-order valence-electron chi connectivity index (χ3n) is 3.10. The van der Waals surface area contributed by atoms with Gasteiger partial charge in [-0.15, -0.1) is 0 Å². The van der Waals surface area contributed by atoms with Crippen molar-refractivity contribution in [3.05, 3.63) is 34.1 Å². The summed E-state index contributed by atoms with van der Waals surface area (Å²) in [6.45, 7) is 1.50. The van der Waals surface area contributed by atoms with Crippen molar-refractivity contribution in [3.63, 3.8) is 0 Å². The van der Waals surface area contributed by atoms with E-state index in [-0.39, 0.29) is 5.82 Å². The molecule has 0 saturated carbocycles. The largest absolute Gasteiger partial charge is 0.393 e. The lowest BCUT2D eigenvalue weighted by Crippen LogP contribution is -2.17. The molecule has 0 aliphatic carbocycles. The number of ether oxygens (including phenoxy) is 1. The van der Waals surface area contributed by atoms with Crippen molar-refractivity contribution in [1.82, 2.24) is 0 Å². The van der Waals surface area contributed by atoms with Crippen LogP contribution in [0.3, 0.4) is 0 Å². The smallest absolute Gasteiger partial charge is 0.127 e. The molecule has 2 unspecified atom stereocenters. The van der Waals surface area contributed by atoms with Crippen LogP contribution in [-0.2, 0) is 11.2 Å². The number of rotatable bonds is 4. The fourth-order valence-electron chi connectivity index (χ4n) is 2.18. The molecule has 1 aromatic carbocycles. The number of halogens is 2. The molecular formula is C13H16BrFO2. The summed E-state index contributed by atoms with van der Waals surface area (Å²) in [7, 11) is 0. The van der Waals surface area contributed by atoms with Crippen molar-refractivity contribution in [3.8, 4) is 0 Å². The van der Waals surface area contributed by atoms with E-state index in [4.69, 9.17) is 4.74 Å². The van der Waals surface area contributed by atoms with Crippen LogP contribution in [0.4, 0.5) is 4.39 Å². The van der Waals surface area contributed by atoms with Gasteiger partial charge < -0.3 is 9.84 Å². The van der Waals surface area contributed by atoms with E-state index in [0.717, 1.165) is 24.1 Å². The second-order valence-electron chi connectivity index (χ2n) is 4.56. The highest BCUT2D eigenvalue weighted by atomic mass is 79.9. The van der Waals surface area contributed by atoms with E-state index in [1.807, 2.05) is 0 Å². The zero-order valence-corrected chi connectivity index (χ0v) is 11.1. The monoisotopic (exact) mass is 302 g/mol. The van der Waals surface area contributed by atoms with Gasteiger partial charge in [0, 0.05) is 24.1 Å². The first-order valence-corrected chi connectivity index (χ1v) is 6.64. The Morgan fingerprint density at radius 1 is 1.53 bits per heavy atom. The Hall–Kier alpha value is -0.450. The van der Waals surface area contributed by atoms with E-state index >= 15 is 0 Å². The SMILES string of the molecule is OC(Cc1ccc(Br)cc1F)CC1CCOC1. The van der Waals surface area contributed by atoms with Crippen molar-refractivity contribution < 1.29 is 14.2 Å². The molecule has 1 aliphatic heterocycles. The molecule has 1 N–H and O–H groups in total. The average molecular weight is 303 g/mol. The number of aliphatic hydroxyl groups is 1. The van der Waals surface area contributed by atoms with Gasteiger partial charge in [-0.3, -0.25) is 0 Å². The van der Waals surface area contributed by atoms with E-state index in [9.17, 15) is 9.50 Å². The molecule has 17 heavy (non-hydrogen) atoms. The van der Waals surface area contributed by atoms with E-state index in [1.54, 1.807) is 12.1 Å². The molecule has 0 spiro atoms. The Kier molecular flexibility index (Phi) is 4.54. The number of benzene rings is 1. The van der Waals surface area contributed by atoms with Gasteiger partial charge >= 0.3 is 0 Å². The lowest BCUT2D eigenvalue weighted by Gasteiger charge is -2.14. The molecule has 2 nitrogen and oxygen atoms in total. The first-order chi connectivity index (χ1) is 8.15. The average Bonchev–Trinajstić information content (AvgIpc) is 2.75. The molecule has 0 aromatic heterocycles. The molecule has 4 heteroatoms. The molecule has 2 atom stereocenters. The maximum atomic E-state index is 13.6. The third kappa shape index (κ3) is 3.76. The summed E-state index contributed by atoms with van der Waals surface area (Å²) in [4.78, 5) is 0. The number of hydrogen-bond donors (Lipinski definition) is 1. The van der Waals surface area contributed by atoms with Crippen LogP contribution in [-0.4, -0.2) is 24.4 Å². The van der Waals surface area contributed by atoms with Crippen LogP contribution >= 0.6 is 15.9 Å². The molecule has 2 rings (SSSR count). The molecule has 0 bridgehead atoms. The predicted octanol–water partition coefficient (Wildman–Crippen LogP) is 2.92. The van der Waals surface area contributed by atoms with Gasteiger partial charge in [0.2, 0.25) is 0 Å². The van der Waals surface area contributed by atoms with Crippen LogP contribution < -0.4 is 0 Å². The summed E-state index contributed by atoms with van der Waals surface area (Å²) in [5.74, 6) is 0.157. The Morgan fingerprint density at radius 3 is 3.00 bits per heavy atom. The normalized spacial score (nSPS) is 21.7. The molecule has 1 aromatic rings. The highest BCUT2D eigenvalue weighted by molar-refractivity contribution is 9.10. The Labute approximate surface area is 109 Å². The third-order valence-corrected chi connectivity index (χ3v) is 3.59. The van der Waals surface area contributed by atoms with Gasteiger partial charge in [-0.1, -0.05) is 22.0 Å². The van der Waals surface area contributed by atoms with Crippen LogP contribution in [0.5, 0.6) is 0 Å². The van der Waals surface area contributed by atoms with Crippen LogP contribution in [0.15, 0.2) is 22.7 Å². The molecule has 1 aliphatic rings. The minimum Gasteiger partial charge on any atom is -0.393 e. The number of aliphatic hydroxyl groups excluding tert-OH is 1. The predicted molar refractivity (Wildman–Crippen MR) is 67.4 cm³/mol. The maximum absolute atomic E-state index is 13.6. The van der Waals surface area contributed by atoms with E-state index in [2.05, 4.69) is 15.9 Å². The minimum atomic E-state index is -0.489. The van der Waals surface area contributed by atoms with Gasteiger partial charge in [-0.2, -0.15) is 0 Å². The first-order valence-electron chi connectivity index (χ1n) is 5.85. The lowest BCUT2D eigenvalue weighted by molar-refractivity contribution is 0.128. The molecular weight excluding hydrogens is 287 g/mol. The summed E-state index contributed by atoms with van der Waals surface area (Å²) in [6.07, 6.45) is 1.57. The topological polar surface area (TPSA) is 29.5 Å². The Morgan fingerprint density at radius 2 is 2.35 bits per heavy atom. The molecule has 0 amide bonds. The highest BCUT2D eigenvalue weighted by Crippen LogP contribution is 2.22. The van der Waals surface area contributed by atoms with Crippen molar-refractivity contribution in [2.24, 2.45) is 5.92 Å². The highest BCUT2D eigenvalue weighted by Gasteiger charge is 2.20. The fourth-order valence-corrected chi connectivity index (χ4v) is 2.51. The van der Waals surface area contributed by atoms with Gasteiger partial charge in [0.05, 0.1) is 6.10 Å². The Balaban J connectivity index is 1.90. The van der Waals surface area contributed by atoms with Crippen LogP contribution in [0.25, 0.3) is 0 Å². The summed E-state index contributed by atoms with van der Waals surface area (Å²) < 4.78 is 19.5. The van der Waals surface area contributed by atoms with Crippen LogP contribution in [0, 0.1) is 11.7 Å². The molecule has 1 fully saturated rings. The molecule has 94 valence electrons. The van der Waals surface area contributed by atoms with Gasteiger partial charge in [0.15, 0.2) is 0 Å². The molecule has 1 heterocycles. The van der Waals surface area contributed by atoms with Gasteiger partial charge in [0.1, 0.15) is 5.82 Å². The standard InChI is InChI=1S/C13H16BrFO2/c14-11-2-1-10(13(15)7-11)6-12(16)5-9-3-4-17-8-9/h1-2,7,9,12,16H,3-6,8H2. The fraction of sp³-hybridized carbons (Fsp3) is 0.538. The summed E-state index contributed by atoms with van der Waals surface area (Å²) in [5.41, 5.74) is 0.569. The molecule has 1 saturated heterocycles. The van der Waals surface area contributed by atoms with Crippen LogP contribution in [0.2, 0.25) is 0 Å². The lowest BCUT2D eigenvalue weighted by atomic mass is 9.96. The second kappa shape index (κ2) is 5.94. The van der Waals surface area contributed by atoms with Gasteiger partial charge in [0.25, 0.3) is 0 Å². The quantitative estimate of drug-likeness (QED) is 0.927. The van der Waals surface area contributed by atoms with Crippen molar-refractivity contribution >= 4 is 15.9 Å². The van der Waals surface area contributed by atoms with Crippen molar-refractivity contribution in [2.75, 3.05) is 13.2 Å². The van der Waals surface area contributed by atoms with E-state index in [0.29, 0.717) is 24.3 Å². The molecule has 0 radical (unpaired) electrons. The Bertz CT molecular complexity index is 378. The van der Waals surface area contributed by atoms with E-state index in [1.165, 1.54) is 6.07 Å². The second-order valence-corrected chi connectivity index (χ2v) is 5.47. The number of hydrogen-bond acceptors (Lipinski definition) is 2. The zero-order chi connectivity index (χ0) is 12.3. The van der Waals surface area contributed by atoms with Gasteiger partial charge in [-0.05, 0) is 36.5 Å². The van der Waals surface area contributed by atoms with Crippen molar-refractivity contribution in [1.29, 1.82) is 0 Å². The summed E-state index contributed by atoms with van der Waals surface area (Å²) >= 11 is 3.21. The van der Waals surface area contributed by atoms with E-state index < -0.39 is 6.10 Å².